The first-order valence-corrected chi connectivity index (χ1v) is 4.74. The molecule has 1 aromatic rings. The lowest BCUT2D eigenvalue weighted by Gasteiger charge is -2.06. The van der Waals surface area contributed by atoms with Crippen LogP contribution < -0.4 is 0 Å². The van der Waals surface area contributed by atoms with Crippen molar-refractivity contribution >= 4 is 27.5 Å². The summed E-state index contributed by atoms with van der Waals surface area (Å²) in [6, 6.07) is 0. The van der Waals surface area contributed by atoms with Crippen molar-refractivity contribution < 1.29 is 13.2 Å². The number of hydrogen-bond acceptors (Lipinski definition) is 1. The maximum atomic E-state index is 12.8. The molecule has 0 unspecified atom stereocenters. The van der Waals surface area contributed by atoms with Crippen molar-refractivity contribution in [1.29, 1.82) is 0 Å². The van der Waals surface area contributed by atoms with Gasteiger partial charge in [0.05, 0.1) is 10.6 Å². The van der Waals surface area contributed by atoms with Gasteiger partial charge in [-0.05, 0) is 0 Å². The van der Waals surface area contributed by atoms with Gasteiger partial charge in [-0.2, -0.15) is 4.39 Å². The molecule has 0 saturated carbocycles. The maximum Gasteiger partial charge on any atom is 0.266 e. The highest BCUT2D eigenvalue weighted by Gasteiger charge is 2.18. The molecule has 0 atom stereocenters. The molecule has 0 saturated heterocycles. The molecule has 1 rings (SSSR count). The largest absolute Gasteiger partial charge is 0.266 e. The van der Waals surface area contributed by atoms with Gasteiger partial charge in [0.25, 0.3) is 6.43 Å². The van der Waals surface area contributed by atoms with Gasteiger partial charge in [-0.3, -0.25) is 0 Å². The van der Waals surface area contributed by atoms with Crippen molar-refractivity contribution in [2.75, 3.05) is 0 Å². The molecule has 0 radical (unpaired) electrons. The van der Waals surface area contributed by atoms with E-state index in [-0.39, 0.29) is 15.9 Å². The first-order valence-electron chi connectivity index (χ1n) is 3.24. The highest BCUT2D eigenvalue weighted by molar-refractivity contribution is 9.08. The summed E-state index contributed by atoms with van der Waals surface area (Å²) < 4.78 is 37.3. The quantitative estimate of drug-likeness (QED) is 0.592. The van der Waals surface area contributed by atoms with Gasteiger partial charge < -0.3 is 0 Å². The van der Waals surface area contributed by atoms with E-state index in [1.165, 1.54) is 0 Å². The molecule has 0 bridgehead atoms. The molecular weight excluding hydrogens is 270 g/mol. The van der Waals surface area contributed by atoms with Crippen LogP contribution in [-0.2, 0) is 5.33 Å². The van der Waals surface area contributed by atoms with Gasteiger partial charge in [0.15, 0.2) is 0 Å². The fraction of sp³-hybridized carbons (Fsp3) is 0.286. The van der Waals surface area contributed by atoms with Crippen LogP contribution in [0, 0.1) is 5.95 Å². The van der Waals surface area contributed by atoms with Crippen LogP contribution in [0.15, 0.2) is 6.20 Å². The highest BCUT2D eigenvalue weighted by atomic mass is 79.9. The predicted molar refractivity (Wildman–Crippen MR) is 46.8 cm³/mol. The summed E-state index contributed by atoms with van der Waals surface area (Å²) in [6.45, 7) is 0. The molecule has 0 aliphatic carbocycles. The minimum atomic E-state index is -2.74. The fourth-order valence-corrected chi connectivity index (χ4v) is 1.74. The van der Waals surface area contributed by atoms with Crippen LogP contribution in [-0.4, -0.2) is 4.98 Å². The van der Waals surface area contributed by atoms with Gasteiger partial charge in [0.2, 0.25) is 5.95 Å². The Morgan fingerprint density at radius 3 is 2.62 bits per heavy atom. The Morgan fingerprint density at radius 2 is 2.15 bits per heavy atom. The molecule has 0 fully saturated rings. The molecule has 6 heteroatoms. The third-order valence-electron chi connectivity index (χ3n) is 1.45. The Morgan fingerprint density at radius 1 is 1.54 bits per heavy atom. The van der Waals surface area contributed by atoms with Gasteiger partial charge in [0.1, 0.15) is 0 Å². The molecule has 0 aliphatic heterocycles. The lowest BCUT2D eigenvalue weighted by atomic mass is 10.2. The Balaban J connectivity index is 3.27. The zero-order valence-corrected chi connectivity index (χ0v) is 8.54. The topological polar surface area (TPSA) is 12.9 Å². The minimum absolute atomic E-state index is 0.0422. The van der Waals surface area contributed by atoms with Gasteiger partial charge in [-0.1, -0.05) is 27.5 Å². The lowest BCUT2D eigenvalue weighted by molar-refractivity contribution is 0.151. The summed E-state index contributed by atoms with van der Waals surface area (Å²) in [5.74, 6) is -0.828. The zero-order chi connectivity index (χ0) is 10.0. The first kappa shape index (κ1) is 10.8. The van der Waals surface area contributed by atoms with E-state index in [9.17, 15) is 13.2 Å². The van der Waals surface area contributed by atoms with Gasteiger partial charge in [0, 0.05) is 17.1 Å². The molecule has 1 heterocycles. The molecule has 0 amide bonds. The van der Waals surface area contributed by atoms with Crippen molar-refractivity contribution in [3.8, 4) is 0 Å². The van der Waals surface area contributed by atoms with Crippen molar-refractivity contribution in [2.24, 2.45) is 0 Å². The standard InChI is InChI=1S/C7H4BrClF3N/c8-1-3-5(9)4(6(10)11)2-13-7(3)12/h2,6H,1H2. The van der Waals surface area contributed by atoms with Crippen LogP contribution in [0.3, 0.4) is 0 Å². The van der Waals surface area contributed by atoms with Gasteiger partial charge in [-0.25, -0.2) is 13.8 Å². The van der Waals surface area contributed by atoms with E-state index in [0.29, 0.717) is 0 Å². The Labute approximate surface area is 86.0 Å². The van der Waals surface area contributed by atoms with E-state index in [2.05, 4.69) is 20.9 Å². The Bertz CT molecular complexity index is 319. The first-order chi connectivity index (χ1) is 6.07. The van der Waals surface area contributed by atoms with Gasteiger partial charge in [-0.15, -0.1) is 0 Å². The second-order valence-electron chi connectivity index (χ2n) is 2.23. The molecule has 0 aliphatic rings. The van der Waals surface area contributed by atoms with Crippen LogP contribution in [0.4, 0.5) is 13.2 Å². The average Bonchev–Trinajstić information content (AvgIpc) is 2.04. The van der Waals surface area contributed by atoms with E-state index in [1.54, 1.807) is 0 Å². The van der Waals surface area contributed by atoms with E-state index < -0.39 is 17.9 Å². The number of pyridine rings is 1. The Kier molecular flexibility index (Phi) is 3.55. The predicted octanol–water partition coefficient (Wildman–Crippen LogP) is 3.71. The molecule has 1 aromatic heterocycles. The maximum absolute atomic E-state index is 12.8. The van der Waals surface area contributed by atoms with Crippen molar-refractivity contribution in [3.63, 3.8) is 0 Å². The second kappa shape index (κ2) is 4.28. The number of hydrogen-bond donors (Lipinski definition) is 0. The summed E-state index contributed by atoms with van der Waals surface area (Å²) in [4.78, 5) is 3.17. The number of nitrogens with zero attached hydrogens (tertiary/aromatic N) is 1. The van der Waals surface area contributed by atoms with Crippen LogP contribution in [0.1, 0.15) is 17.6 Å². The summed E-state index contributed by atoms with van der Waals surface area (Å²) in [6.07, 6.45) is -1.99. The van der Waals surface area contributed by atoms with Gasteiger partial charge >= 0.3 is 0 Å². The van der Waals surface area contributed by atoms with E-state index in [1.807, 2.05) is 0 Å². The third-order valence-corrected chi connectivity index (χ3v) is 2.46. The lowest BCUT2D eigenvalue weighted by Crippen LogP contribution is -1.97. The molecule has 0 N–H and O–H groups in total. The van der Waals surface area contributed by atoms with E-state index in [0.717, 1.165) is 6.20 Å². The number of halogens is 5. The molecule has 13 heavy (non-hydrogen) atoms. The summed E-state index contributed by atoms with van der Waals surface area (Å²) in [5.41, 5.74) is -0.489. The summed E-state index contributed by atoms with van der Waals surface area (Å²) in [7, 11) is 0. The number of rotatable bonds is 2. The van der Waals surface area contributed by atoms with Crippen molar-refractivity contribution in [3.05, 3.63) is 28.3 Å². The highest BCUT2D eigenvalue weighted by Crippen LogP contribution is 2.30. The zero-order valence-electron chi connectivity index (χ0n) is 6.20. The van der Waals surface area contributed by atoms with Crippen LogP contribution in [0.5, 0.6) is 0 Å². The average molecular weight is 274 g/mol. The molecule has 1 nitrogen and oxygen atoms in total. The fourth-order valence-electron chi connectivity index (χ4n) is 0.792. The summed E-state index contributed by atoms with van der Waals surface area (Å²) >= 11 is 8.45. The summed E-state index contributed by atoms with van der Waals surface area (Å²) in [5, 5.41) is -0.204. The normalized spacial score (nSPS) is 10.9. The van der Waals surface area contributed by atoms with Crippen LogP contribution in [0.25, 0.3) is 0 Å². The monoisotopic (exact) mass is 273 g/mol. The Hall–Kier alpha value is -0.290. The van der Waals surface area contributed by atoms with Crippen LogP contribution >= 0.6 is 27.5 Å². The van der Waals surface area contributed by atoms with Crippen molar-refractivity contribution in [1.82, 2.24) is 4.98 Å². The van der Waals surface area contributed by atoms with Crippen LogP contribution in [0.2, 0.25) is 5.02 Å². The van der Waals surface area contributed by atoms with E-state index in [4.69, 9.17) is 11.6 Å². The SMILES string of the molecule is Fc1ncc(C(F)F)c(Cl)c1CBr. The molecule has 72 valence electrons. The smallest absolute Gasteiger partial charge is 0.227 e. The molecule has 0 aromatic carbocycles. The molecule has 0 spiro atoms. The van der Waals surface area contributed by atoms with E-state index >= 15 is 0 Å². The number of aromatic nitrogens is 1. The molecular formula is C7H4BrClF3N. The second-order valence-corrected chi connectivity index (χ2v) is 3.17. The van der Waals surface area contributed by atoms with Crippen molar-refractivity contribution in [2.45, 2.75) is 11.8 Å². The third kappa shape index (κ3) is 2.14. The minimum Gasteiger partial charge on any atom is -0.227 e. The number of alkyl halides is 3.